The number of imide groups is 1. The average Bonchev–Trinajstić information content (AvgIpc) is 2.93. The van der Waals surface area contributed by atoms with Crippen LogP contribution in [0.2, 0.25) is 15.1 Å². The van der Waals surface area contributed by atoms with Crippen LogP contribution in [0.4, 0.5) is 0 Å². The van der Waals surface area contributed by atoms with Crippen LogP contribution >= 0.6 is 34.8 Å². The fourth-order valence-electron chi connectivity index (χ4n) is 2.65. The Labute approximate surface area is 165 Å². The van der Waals surface area contributed by atoms with Crippen LogP contribution in [0, 0.1) is 0 Å². The van der Waals surface area contributed by atoms with E-state index in [4.69, 9.17) is 34.8 Å². The summed E-state index contributed by atoms with van der Waals surface area (Å²) in [7, 11) is 0. The highest BCUT2D eigenvalue weighted by Crippen LogP contribution is 2.27. The largest absolute Gasteiger partial charge is 0.274 e. The SMILES string of the molecule is O=C(c1ccccc1Cl)N(Cc1ccc(Cl)cc1Cl)N1C(=O)CCC1=O. The maximum atomic E-state index is 13.1. The number of benzene rings is 2. The quantitative estimate of drug-likeness (QED) is 0.703. The summed E-state index contributed by atoms with van der Waals surface area (Å²) < 4.78 is 0. The van der Waals surface area contributed by atoms with E-state index in [0.717, 1.165) is 10.0 Å². The maximum Gasteiger partial charge on any atom is 0.274 e. The first-order valence-electron chi connectivity index (χ1n) is 7.74. The molecule has 1 aliphatic rings. The Kier molecular flexibility index (Phi) is 5.51. The van der Waals surface area contributed by atoms with Gasteiger partial charge in [0.25, 0.3) is 5.91 Å². The van der Waals surface area contributed by atoms with E-state index in [1.54, 1.807) is 30.3 Å². The normalized spacial score (nSPS) is 14.0. The number of rotatable bonds is 4. The summed E-state index contributed by atoms with van der Waals surface area (Å²) in [4.78, 5) is 37.5. The summed E-state index contributed by atoms with van der Waals surface area (Å²) in [5, 5.41) is 2.94. The van der Waals surface area contributed by atoms with Crippen molar-refractivity contribution in [2.24, 2.45) is 0 Å². The predicted molar refractivity (Wildman–Crippen MR) is 98.9 cm³/mol. The van der Waals surface area contributed by atoms with Gasteiger partial charge < -0.3 is 0 Å². The molecule has 3 rings (SSSR count). The van der Waals surface area contributed by atoms with Crippen molar-refractivity contribution in [2.75, 3.05) is 0 Å². The summed E-state index contributed by atoms with van der Waals surface area (Å²) in [6.07, 6.45) is 0.110. The molecule has 2 aromatic carbocycles. The Balaban J connectivity index is 2.02. The zero-order chi connectivity index (χ0) is 18.8. The molecule has 0 saturated carbocycles. The van der Waals surface area contributed by atoms with E-state index in [2.05, 4.69) is 0 Å². The van der Waals surface area contributed by atoms with Gasteiger partial charge in [-0.3, -0.25) is 14.4 Å². The third-order valence-corrected chi connectivity index (χ3v) is 4.86. The van der Waals surface area contributed by atoms with Crippen LogP contribution in [0.25, 0.3) is 0 Å². The number of hydrogen-bond acceptors (Lipinski definition) is 3. The molecule has 0 spiro atoms. The van der Waals surface area contributed by atoms with Crippen molar-refractivity contribution in [3.8, 4) is 0 Å². The molecular weight excluding hydrogens is 399 g/mol. The number of carbonyl (C=O) groups excluding carboxylic acids is 3. The van der Waals surface area contributed by atoms with E-state index in [1.807, 2.05) is 0 Å². The van der Waals surface area contributed by atoms with Gasteiger partial charge in [0, 0.05) is 22.9 Å². The topological polar surface area (TPSA) is 57.7 Å². The fraction of sp³-hybridized carbons (Fsp3) is 0.167. The van der Waals surface area contributed by atoms with Crippen LogP contribution in [-0.4, -0.2) is 27.7 Å². The second-order valence-corrected chi connectivity index (χ2v) is 6.93. The van der Waals surface area contributed by atoms with Gasteiger partial charge in [0.2, 0.25) is 11.8 Å². The minimum absolute atomic E-state index is 0.0550. The molecular formula is C18H13Cl3N2O3. The van der Waals surface area contributed by atoms with Gasteiger partial charge in [0.1, 0.15) is 0 Å². The van der Waals surface area contributed by atoms with Gasteiger partial charge in [0.15, 0.2) is 0 Å². The van der Waals surface area contributed by atoms with Crippen molar-refractivity contribution in [3.63, 3.8) is 0 Å². The Morgan fingerprint density at radius 1 is 0.962 bits per heavy atom. The molecule has 1 aliphatic heterocycles. The Hall–Kier alpha value is -2.08. The molecule has 0 unspecified atom stereocenters. The molecule has 0 atom stereocenters. The van der Waals surface area contributed by atoms with Crippen molar-refractivity contribution >= 4 is 52.5 Å². The van der Waals surface area contributed by atoms with E-state index < -0.39 is 17.7 Å². The minimum Gasteiger partial charge on any atom is -0.273 e. The molecule has 0 aromatic heterocycles. The summed E-state index contributed by atoms with van der Waals surface area (Å²) in [6.45, 7) is -0.0719. The number of carbonyl (C=O) groups is 3. The van der Waals surface area contributed by atoms with Crippen LogP contribution in [-0.2, 0) is 16.1 Å². The average molecular weight is 412 g/mol. The van der Waals surface area contributed by atoms with Crippen LogP contribution in [0.3, 0.4) is 0 Å². The smallest absolute Gasteiger partial charge is 0.273 e. The Bertz CT molecular complexity index is 885. The van der Waals surface area contributed by atoms with E-state index in [-0.39, 0.29) is 30.0 Å². The number of hydrazine groups is 1. The molecule has 8 heteroatoms. The van der Waals surface area contributed by atoms with Crippen molar-refractivity contribution < 1.29 is 14.4 Å². The fourth-order valence-corrected chi connectivity index (χ4v) is 3.34. The monoisotopic (exact) mass is 410 g/mol. The number of nitrogens with zero attached hydrogens (tertiary/aromatic N) is 2. The third kappa shape index (κ3) is 3.70. The third-order valence-electron chi connectivity index (χ3n) is 3.94. The lowest BCUT2D eigenvalue weighted by atomic mass is 10.1. The second-order valence-electron chi connectivity index (χ2n) is 5.68. The summed E-state index contributed by atoms with van der Waals surface area (Å²) in [6, 6.07) is 11.2. The Morgan fingerprint density at radius 3 is 2.23 bits per heavy atom. The zero-order valence-electron chi connectivity index (χ0n) is 13.4. The van der Waals surface area contributed by atoms with Gasteiger partial charge in [-0.05, 0) is 29.8 Å². The van der Waals surface area contributed by atoms with Gasteiger partial charge >= 0.3 is 0 Å². The molecule has 2 aromatic rings. The lowest BCUT2D eigenvalue weighted by Crippen LogP contribution is -2.49. The van der Waals surface area contributed by atoms with E-state index in [0.29, 0.717) is 15.6 Å². The number of hydrogen-bond donors (Lipinski definition) is 0. The number of amides is 3. The Morgan fingerprint density at radius 2 is 1.62 bits per heavy atom. The second kappa shape index (κ2) is 7.66. The van der Waals surface area contributed by atoms with Gasteiger partial charge in [-0.15, -0.1) is 0 Å². The van der Waals surface area contributed by atoms with Crippen molar-refractivity contribution in [1.29, 1.82) is 0 Å². The van der Waals surface area contributed by atoms with Crippen molar-refractivity contribution in [1.82, 2.24) is 10.0 Å². The van der Waals surface area contributed by atoms with Crippen molar-refractivity contribution in [2.45, 2.75) is 19.4 Å². The standard InChI is InChI=1S/C18H13Cl3N2O3/c19-12-6-5-11(15(21)9-12)10-22(23-16(24)7-8-17(23)25)18(26)13-3-1-2-4-14(13)20/h1-6,9H,7-8,10H2. The minimum atomic E-state index is -0.565. The zero-order valence-corrected chi connectivity index (χ0v) is 15.7. The molecule has 0 bridgehead atoms. The molecule has 0 N–H and O–H groups in total. The molecule has 0 radical (unpaired) electrons. The van der Waals surface area contributed by atoms with E-state index in [9.17, 15) is 14.4 Å². The van der Waals surface area contributed by atoms with Crippen molar-refractivity contribution in [3.05, 3.63) is 68.7 Å². The highest BCUT2D eigenvalue weighted by Gasteiger charge is 2.37. The van der Waals surface area contributed by atoms with Gasteiger partial charge in [-0.1, -0.05) is 53.0 Å². The lowest BCUT2D eigenvalue weighted by Gasteiger charge is -2.30. The lowest BCUT2D eigenvalue weighted by molar-refractivity contribution is -0.153. The maximum absolute atomic E-state index is 13.1. The highest BCUT2D eigenvalue weighted by atomic mass is 35.5. The van der Waals surface area contributed by atoms with Gasteiger partial charge in [-0.25, -0.2) is 5.01 Å². The summed E-state index contributed by atoms with van der Waals surface area (Å²) >= 11 is 18.2. The van der Waals surface area contributed by atoms with Crippen LogP contribution in [0.15, 0.2) is 42.5 Å². The first kappa shape index (κ1) is 18.7. The molecule has 26 heavy (non-hydrogen) atoms. The first-order valence-corrected chi connectivity index (χ1v) is 8.88. The molecule has 1 heterocycles. The number of halogens is 3. The molecule has 5 nitrogen and oxygen atoms in total. The van der Waals surface area contributed by atoms with Gasteiger partial charge in [-0.2, -0.15) is 5.01 Å². The molecule has 134 valence electrons. The first-order chi connectivity index (χ1) is 12.4. The molecule has 3 amide bonds. The molecule has 0 aliphatic carbocycles. The molecule has 1 fully saturated rings. The van der Waals surface area contributed by atoms with Crippen LogP contribution < -0.4 is 0 Å². The van der Waals surface area contributed by atoms with Crippen LogP contribution in [0.5, 0.6) is 0 Å². The van der Waals surface area contributed by atoms with E-state index >= 15 is 0 Å². The predicted octanol–water partition coefficient (Wildman–Crippen LogP) is 4.35. The summed E-state index contributed by atoms with van der Waals surface area (Å²) in [5.74, 6) is -1.45. The summed E-state index contributed by atoms with van der Waals surface area (Å²) in [5.41, 5.74) is 0.732. The van der Waals surface area contributed by atoms with Crippen LogP contribution in [0.1, 0.15) is 28.8 Å². The van der Waals surface area contributed by atoms with Gasteiger partial charge in [0.05, 0.1) is 17.1 Å². The molecule has 1 saturated heterocycles. The highest BCUT2D eigenvalue weighted by molar-refractivity contribution is 6.35. The van der Waals surface area contributed by atoms with E-state index in [1.165, 1.54) is 12.1 Å².